The van der Waals surface area contributed by atoms with E-state index in [0.29, 0.717) is 17.4 Å². The number of nitrogens with zero attached hydrogens (tertiary/aromatic N) is 4. The van der Waals surface area contributed by atoms with E-state index in [1.54, 1.807) is 14.2 Å². The number of aromatic nitrogens is 3. The third kappa shape index (κ3) is 3.71. The highest BCUT2D eigenvalue weighted by Crippen LogP contribution is 2.42. The first-order valence-electron chi connectivity index (χ1n) is 8.57. The van der Waals surface area contributed by atoms with Gasteiger partial charge >= 0.3 is 6.18 Å². The molecule has 0 spiro atoms. The Morgan fingerprint density at radius 1 is 1.37 bits per heavy atom. The topological polar surface area (TPSA) is 75.8 Å². The fraction of sp³-hybridized carbons (Fsp3) is 0.588. The number of alkyl halides is 3. The van der Waals surface area contributed by atoms with E-state index in [-0.39, 0.29) is 24.1 Å². The Bertz CT molecular complexity index is 845. The molecular formula is C17H23F3N6O. The number of pyridine rings is 1. The summed E-state index contributed by atoms with van der Waals surface area (Å²) in [5, 5.41) is 14.3. The van der Waals surface area contributed by atoms with Gasteiger partial charge < -0.3 is 15.4 Å². The zero-order chi connectivity index (χ0) is 19.8. The second-order valence-electron chi connectivity index (χ2n) is 7.16. The maximum Gasteiger partial charge on any atom is 0.417 e. The average Bonchev–Trinajstić information content (AvgIpc) is 3.02. The van der Waals surface area contributed by atoms with E-state index in [9.17, 15) is 13.2 Å². The van der Waals surface area contributed by atoms with E-state index in [1.807, 2.05) is 0 Å². The van der Waals surface area contributed by atoms with Crippen molar-refractivity contribution in [3.63, 3.8) is 0 Å². The van der Waals surface area contributed by atoms with Crippen LogP contribution in [0.3, 0.4) is 0 Å². The lowest BCUT2D eigenvalue weighted by Gasteiger charge is -2.51. The van der Waals surface area contributed by atoms with Gasteiger partial charge in [0.25, 0.3) is 0 Å². The predicted octanol–water partition coefficient (Wildman–Crippen LogP) is 2.23. The largest absolute Gasteiger partial charge is 0.417 e. The minimum atomic E-state index is -4.42. The predicted molar refractivity (Wildman–Crippen MR) is 94.3 cm³/mol. The van der Waals surface area contributed by atoms with Crippen LogP contribution >= 0.6 is 0 Å². The van der Waals surface area contributed by atoms with Crippen LogP contribution in [-0.2, 0) is 17.5 Å². The molecule has 1 fully saturated rings. The van der Waals surface area contributed by atoms with Crippen LogP contribution in [0.1, 0.15) is 31.7 Å². The molecule has 1 saturated carbocycles. The molecule has 1 aliphatic rings. The van der Waals surface area contributed by atoms with Crippen molar-refractivity contribution < 1.29 is 17.9 Å². The van der Waals surface area contributed by atoms with Crippen LogP contribution in [0.5, 0.6) is 0 Å². The first kappa shape index (κ1) is 19.4. The average molecular weight is 384 g/mol. The van der Waals surface area contributed by atoms with Crippen molar-refractivity contribution in [3.05, 3.63) is 29.7 Å². The number of hydrogen-bond acceptors (Lipinski definition) is 4. The van der Waals surface area contributed by atoms with Crippen molar-refractivity contribution in [2.75, 3.05) is 14.2 Å². The van der Waals surface area contributed by atoms with Crippen LogP contribution in [0.25, 0.3) is 5.65 Å². The van der Waals surface area contributed by atoms with Crippen LogP contribution in [-0.4, -0.2) is 46.9 Å². The lowest BCUT2D eigenvalue weighted by atomic mass is 9.64. The van der Waals surface area contributed by atoms with Crippen molar-refractivity contribution in [1.82, 2.24) is 25.2 Å². The Morgan fingerprint density at radius 2 is 2.11 bits per heavy atom. The van der Waals surface area contributed by atoms with E-state index >= 15 is 0 Å². The number of halogens is 3. The van der Waals surface area contributed by atoms with Gasteiger partial charge in [-0.15, -0.1) is 10.2 Å². The number of nitrogens with one attached hydrogen (secondary N) is 2. The van der Waals surface area contributed by atoms with E-state index < -0.39 is 11.7 Å². The first-order chi connectivity index (χ1) is 12.7. The molecule has 2 aromatic rings. The lowest BCUT2D eigenvalue weighted by Crippen LogP contribution is -2.63. The fourth-order valence-corrected chi connectivity index (χ4v) is 3.28. The summed E-state index contributed by atoms with van der Waals surface area (Å²) < 4.78 is 45.6. The Kier molecular flexibility index (Phi) is 5.02. The van der Waals surface area contributed by atoms with Gasteiger partial charge in [0.1, 0.15) is 0 Å². The van der Waals surface area contributed by atoms with Crippen LogP contribution in [0.15, 0.2) is 23.3 Å². The quantitative estimate of drug-likeness (QED) is 0.625. The lowest BCUT2D eigenvalue weighted by molar-refractivity contribution is -0.137. The number of fused-ring (bicyclic) bond motifs is 1. The molecule has 0 aliphatic heterocycles. The second-order valence-corrected chi connectivity index (χ2v) is 7.16. The second kappa shape index (κ2) is 6.99. The molecule has 0 aromatic carbocycles. The minimum absolute atomic E-state index is 0.0461. The van der Waals surface area contributed by atoms with Crippen molar-refractivity contribution in [2.45, 2.75) is 45.1 Å². The summed E-state index contributed by atoms with van der Waals surface area (Å²) in [5.74, 6) is 0.910. The Hall–Kier alpha value is -2.36. The number of hydrogen-bond donors (Lipinski definition) is 2. The normalized spacial score (nSPS) is 22.6. The van der Waals surface area contributed by atoms with Crippen molar-refractivity contribution >= 4 is 11.6 Å². The van der Waals surface area contributed by atoms with Crippen molar-refractivity contribution in [1.29, 1.82) is 0 Å². The highest BCUT2D eigenvalue weighted by molar-refractivity contribution is 5.80. The monoisotopic (exact) mass is 384 g/mol. The molecule has 0 saturated heterocycles. The molecule has 2 heterocycles. The zero-order valence-corrected chi connectivity index (χ0v) is 15.6. The molecule has 7 nitrogen and oxygen atoms in total. The molecular weight excluding hydrogens is 361 g/mol. The number of ether oxygens (including phenoxy) is 1. The van der Waals surface area contributed by atoms with Crippen LogP contribution in [0.2, 0.25) is 0 Å². The van der Waals surface area contributed by atoms with Gasteiger partial charge in [0.05, 0.1) is 18.2 Å². The van der Waals surface area contributed by atoms with Gasteiger partial charge in [-0.05, 0) is 18.6 Å². The zero-order valence-electron chi connectivity index (χ0n) is 15.6. The van der Waals surface area contributed by atoms with Crippen molar-refractivity contribution in [2.24, 2.45) is 10.4 Å². The summed E-state index contributed by atoms with van der Waals surface area (Å²) >= 11 is 0. The minimum Gasteiger partial charge on any atom is -0.381 e. The molecule has 27 heavy (non-hydrogen) atoms. The Morgan fingerprint density at radius 3 is 2.70 bits per heavy atom. The highest BCUT2D eigenvalue weighted by atomic mass is 19.4. The molecule has 2 unspecified atom stereocenters. The molecule has 0 amide bonds. The van der Waals surface area contributed by atoms with E-state index in [2.05, 4.69) is 39.7 Å². The number of rotatable bonds is 4. The number of aliphatic imine (C=N–C) groups is 1. The summed E-state index contributed by atoms with van der Waals surface area (Å²) in [7, 11) is 3.33. The summed E-state index contributed by atoms with van der Waals surface area (Å²) in [6.07, 6.45) is -2.39. The fourth-order valence-electron chi connectivity index (χ4n) is 3.28. The van der Waals surface area contributed by atoms with Gasteiger partial charge in [0.15, 0.2) is 17.4 Å². The van der Waals surface area contributed by atoms with Gasteiger partial charge in [-0.25, -0.2) is 0 Å². The third-order valence-corrected chi connectivity index (χ3v) is 5.21. The number of methoxy groups -OCH3 is 1. The molecule has 0 radical (unpaired) electrons. The van der Waals surface area contributed by atoms with Crippen LogP contribution in [0.4, 0.5) is 13.2 Å². The van der Waals surface area contributed by atoms with E-state index in [1.165, 1.54) is 10.5 Å². The van der Waals surface area contributed by atoms with Gasteiger partial charge in [0, 0.05) is 31.8 Å². The first-order valence-corrected chi connectivity index (χ1v) is 8.57. The summed E-state index contributed by atoms with van der Waals surface area (Å²) in [5.41, 5.74) is -0.443. The molecule has 2 aromatic heterocycles. The van der Waals surface area contributed by atoms with Crippen LogP contribution in [0, 0.1) is 5.41 Å². The van der Waals surface area contributed by atoms with Gasteiger partial charge in [-0.3, -0.25) is 9.39 Å². The third-order valence-electron chi connectivity index (χ3n) is 5.21. The maximum absolute atomic E-state index is 12.9. The highest BCUT2D eigenvalue weighted by Gasteiger charge is 2.48. The van der Waals surface area contributed by atoms with Crippen molar-refractivity contribution in [3.8, 4) is 0 Å². The SMILES string of the molecule is CN=C(NCc1nnc2ccc(C(F)(F)F)cn12)NC1CC(OC)C1(C)C. The van der Waals surface area contributed by atoms with E-state index in [0.717, 1.165) is 18.7 Å². The standard InChI is InChI=1S/C17H23F3N6O/c1-16(2)11(7-12(16)27-4)23-15(21-3)22-8-14-25-24-13-6-5-10(9-26(13)14)17(18,19)20/h5-6,9,11-12H,7-8H2,1-4H3,(H2,21,22,23). The Balaban J connectivity index is 1.69. The molecule has 0 bridgehead atoms. The van der Waals surface area contributed by atoms with Gasteiger partial charge in [-0.1, -0.05) is 13.8 Å². The molecule has 148 valence electrons. The smallest absolute Gasteiger partial charge is 0.381 e. The molecule has 2 atom stereocenters. The molecule has 1 aliphatic carbocycles. The molecule has 2 N–H and O–H groups in total. The van der Waals surface area contributed by atoms with Crippen LogP contribution < -0.4 is 10.6 Å². The summed E-state index contributed by atoms with van der Waals surface area (Å²) in [6.45, 7) is 4.41. The van der Waals surface area contributed by atoms with Gasteiger partial charge in [-0.2, -0.15) is 13.2 Å². The Labute approximate surface area is 155 Å². The number of guanidine groups is 1. The van der Waals surface area contributed by atoms with E-state index in [4.69, 9.17) is 4.74 Å². The summed E-state index contributed by atoms with van der Waals surface area (Å²) in [4.78, 5) is 4.18. The van der Waals surface area contributed by atoms with Gasteiger partial charge in [0.2, 0.25) is 0 Å². The molecule has 10 heteroatoms. The molecule has 3 rings (SSSR count). The summed E-state index contributed by atoms with van der Waals surface area (Å²) in [6, 6.07) is 2.47. The maximum atomic E-state index is 12.9.